The molecule has 5 nitrogen and oxygen atoms in total. The molecule has 1 atom stereocenters. The summed E-state index contributed by atoms with van der Waals surface area (Å²) in [5.41, 5.74) is 12.9. The van der Waals surface area contributed by atoms with E-state index in [1.165, 1.54) is 0 Å². The lowest BCUT2D eigenvalue weighted by atomic mass is 9.86. The Morgan fingerprint density at radius 2 is 1.90 bits per heavy atom. The van der Waals surface area contributed by atoms with E-state index >= 15 is 0 Å². The molecule has 0 saturated carbocycles. The zero-order valence-electron chi connectivity index (χ0n) is 12.8. The van der Waals surface area contributed by atoms with Gasteiger partial charge in [-0.25, -0.2) is 0 Å². The van der Waals surface area contributed by atoms with Gasteiger partial charge in [0.05, 0.1) is 5.60 Å². The van der Waals surface area contributed by atoms with Crippen molar-refractivity contribution in [2.75, 3.05) is 18.1 Å². The number of anilines is 2. The van der Waals surface area contributed by atoms with E-state index in [-0.39, 0.29) is 17.6 Å². The van der Waals surface area contributed by atoms with Crippen molar-refractivity contribution >= 4 is 17.3 Å². The molecule has 2 rings (SSSR count). The van der Waals surface area contributed by atoms with Gasteiger partial charge < -0.3 is 21.5 Å². The molecule has 0 spiro atoms. The Morgan fingerprint density at radius 1 is 1.29 bits per heavy atom. The Kier molecular flexibility index (Phi) is 4.73. The van der Waals surface area contributed by atoms with Crippen molar-refractivity contribution in [1.82, 2.24) is 5.32 Å². The summed E-state index contributed by atoms with van der Waals surface area (Å²) in [5, 5.41) is 3.08. The van der Waals surface area contributed by atoms with Gasteiger partial charge in [-0.05, 0) is 43.9 Å². The average molecular weight is 291 g/mol. The lowest BCUT2D eigenvalue weighted by molar-refractivity contribution is -0.0917. The Hall–Kier alpha value is -1.75. The quantitative estimate of drug-likeness (QED) is 0.743. The number of carbonyl (C=O) groups excluding carboxylic acids is 1. The summed E-state index contributed by atoms with van der Waals surface area (Å²) in [4.78, 5) is 12.3. The molecule has 1 saturated heterocycles. The van der Waals surface area contributed by atoms with Crippen LogP contribution < -0.4 is 16.8 Å². The third kappa shape index (κ3) is 3.67. The van der Waals surface area contributed by atoms with E-state index in [0.717, 1.165) is 25.7 Å². The highest BCUT2D eigenvalue weighted by molar-refractivity contribution is 5.96. The highest BCUT2D eigenvalue weighted by Crippen LogP contribution is 2.31. The number of rotatable bonds is 4. The van der Waals surface area contributed by atoms with E-state index in [4.69, 9.17) is 16.2 Å². The first-order valence-electron chi connectivity index (χ1n) is 7.59. The van der Waals surface area contributed by atoms with E-state index in [1.54, 1.807) is 18.2 Å². The van der Waals surface area contributed by atoms with Crippen molar-refractivity contribution in [2.45, 2.75) is 51.2 Å². The largest absolute Gasteiger partial charge is 0.399 e. The molecule has 1 heterocycles. The van der Waals surface area contributed by atoms with Crippen LogP contribution in [0.15, 0.2) is 18.2 Å². The summed E-state index contributed by atoms with van der Waals surface area (Å²) in [6.45, 7) is 4.95. The number of nitrogens with one attached hydrogen (secondary N) is 1. The van der Waals surface area contributed by atoms with Crippen LogP contribution in [-0.4, -0.2) is 24.2 Å². The van der Waals surface area contributed by atoms with Crippen molar-refractivity contribution in [2.24, 2.45) is 0 Å². The SMILES string of the molecule is CCC1(CC)CC(NC(=O)c2cc(N)cc(N)c2)CCO1. The first kappa shape index (κ1) is 15.6. The second-order valence-corrected chi connectivity index (χ2v) is 5.79. The van der Waals surface area contributed by atoms with Crippen LogP contribution >= 0.6 is 0 Å². The summed E-state index contributed by atoms with van der Waals surface area (Å²) in [6.07, 6.45) is 3.61. The van der Waals surface area contributed by atoms with Crippen LogP contribution in [0.2, 0.25) is 0 Å². The fourth-order valence-corrected chi connectivity index (χ4v) is 2.97. The predicted molar refractivity (Wildman–Crippen MR) is 85.0 cm³/mol. The summed E-state index contributed by atoms with van der Waals surface area (Å²) in [6, 6.07) is 5.08. The van der Waals surface area contributed by atoms with Gasteiger partial charge in [-0.15, -0.1) is 0 Å². The van der Waals surface area contributed by atoms with Crippen LogP contribution in [0, 0.1) is 0 Å². The number of carbonyl (C=O) groups is 1. The second-order valence-electron chi connectivity index (χ2n) is 5.79. The van der Waals surface area contributed by atoms with Gasteiger partial charge in [-0.3, -0.25) is 4.79 Å². The minimum atomic E-state index is -0.123. The lowest BCUT2D eigenvalue weighted by Gasteiger charge is -2.40. The van der Waals surface area contributed by atoms with Gasteiger partial charge in [0, 0.05) is 29.6 Å². The van der Waals surface area contributed by atoms with E-state index in [9.17, 15) is 4.79 Å². The summed E-state index contributed by atoms with van der Waals surface area (Å²) >= 11 is 0. The van der Waals surface area contributed by atoms with Crippen molar-refractivity contribution < 1.29 is 9.53 Å². The van der Waals surface area contributed by atoms with Gasteiger partial charge >= 0.3 is 0 Å². The maximum absolute atomic E-state index is 12.3. The maximum Gasteiger partial charge on any atom is 0.251 e. The third-order valence-corrected chi connectivity index (χ3v) is 4.36. The van der Waals surface area contributed by atoms with E-state index in [2.05, 4.69) is 19.2 Å². The molecule has 5 N–H and O–H groups in total. The standard InChI is InChI=1S/C16H25N3O2/c1-3-16(4-2)10-14(5-6-21-16)19-15(20)11-7-12(17)9-13(18)8-11/h7-9,14H,3-6,10,17-18H2,1-2H3,(H,19,20). The normalized spacial score (nSPS) is 21.0. The predicted octanol–water partition coefficient (Wildman–Crippen LogP) is 2.32. The Bertz CT molecular complexity index is 492. The minimum absolute atomic E-state index is 0.106. The van der Waals surface area contributed by atoms with E-state index < -0.39 is 0 Å². The Morgan fingerprint density at radius 3 is 2.48 bits per heavy atom. The molecular formula is C16H25N3O2. The molecule has 1 amide bonds. The molecule has 1 unspecified atom stereocenters. The fourth-order valence-electron chi connectivity index (χ4n) is 2.97. The summed E-state index contributed by atoms with van der Waals surface area (Å²) in [5.74, 6) is -0.123. The van der Waals surface area contributed by atoms with Crippen LogP contribution in [0.1, 0.15) is 49.9 Å². The first-order chi connectivity index (χ1) is 9.98. The van der Waals surface area contributed by atoms with Crippen molar-refractivity contribution in [1.29, 1.82) is 0 Å². The number of hydrogen-bond donors (Lipinski definition) is 3. The molecule has 5 heteroatoms. The highest BCUT2D eigenvalue weighted by Gasteiger charge is 2.35. The molecule has 0 aliphatic carbocycles. The van der Waals surface area contributed by atoms with Crippen molar-refractivity contribution in [3.63, 3.8) is 0 Å². The molecular weight excluding hydrogens is 266 g/mol. The first-order valence-corrected chi connectivity index (χ1v) is 7.59. The molecule has 1 fully saturated rings. The van der Waals surface area contributed by atoms with Crippen molar-refractivity contribution in [3.05, 3.63) is 23.8 Å². The fraction of sp³-hybridized carbons (Fsp3) is 0.562. The van der Waals surface area contributed by atoms with Crippen LogP contribution in [0.4, 0.5) is 11.4 Å². The Balaban J connectivity index is 2.05. The summed E-state index contributed by atoms with van der Waals surface area (Å²) < 4.78 is 5.93. The molecule has 1 aromatic rings. The number of hydrogen-bond acceptors (Lipinski definition) is 4. The zero-order chi connectivity index (χ0) is 15.5. The minimum Gasteiger partial charge on any atom is -0.399 e. The lowest BCUT2D eigenvalue weighted by Crippen LogP contribution is -2.48. The zero-order valence-corrected chi connectivity index (χ0v) is 12.8. The number of nitrogens with two attached hydrogens (primary N) is 2. The maximum atomic E-state index is 12.3. The number of amides is 1. The molecule has 0 bridgehead atoms. The third-order valence-electron chi connectivity index (χ3n) is 4.36. The molecule has 1 aromatic carbocycles. The molecule has 1 aliphatic rings. The van der Waals surface area contributed by atoms with Gasteiger partial charge in [0.1, 0.15) is 0 Å². The second kappa shape index (κ2) is 6.35. The van der Waals surface area contributed by atoms with Gasteiger partial charge in [-0.1, -0.05) is 13.8 Å². The molecule has 1 aliphatic heterocycles. The van der Waals surface area contributed by atoms with Gasteiger partial charge in [-0.2, -0.15) is 0 Å². The van der Waals surface area contributed by atoms with Gasteiger partial charge in [0.25, 0.3) is 5.91 Å². The number of nitrogen functional groups attached to an aromatic ring is 2. The number of benzene rings is 1. The van der Waals surface area contributed by atoms with Gasteiger partial charge in [0.2, 0.25) is 0 Å². The molecule has 0 radical (unpaired) electrons. The van der Waals surface area contributed by atoms with Crippen molar-refractivity contribution in [3.8, 4) is 0 Å². The topological polar surface area (TPSA) is 90.4 Å². The molecule has 21 heavy (non-hydrogen) atoms. The summed E-state index contributed by atoms with van der Waals surface area (Å²) in [7, 11) is 0. The van der Waals surface area contributed by atoms with Crippen LogP contribution in [0.25, 0.3) is 0 Å². The molecule has 0 aromatic heterocycles. The highest BCUT2D eigenvalue weighted by atomic mass is 16.5. The Labute approximate surface area is 126 Å². The van der Waals surface area contributed by atoms with Gasteiger partial charge in [0.15, 0.2) is 0 Å². The number of ether oxygens (including phenoxy) is 1. The van der Waals surface area contributed by atoms with E-state index in [0.29, 0.717) is 23.5 Å². The monoisotopic (exact) mass is 291 g/mol. The van der Waals surface area contributed by atoms with Crippen LogP contribution in [-0.2, 0) is 4.74 Å². The average Bonchev–Trinajstić information content (AvgIpc) is 2.46. The van der Waals surface area contributed by atoms with Crippen LogP contribution in [0.5, 0.6) is 0 Å². The molecule has 116 valence electrons. The smallest absolute Gasteiger partial charge is 0.251 e. The van der Waals surface area contributed by atoms with E-state index in [1.807, 2.05) is 0 Å². The van der Waals surface area contributed by atoms with Crippen LogP contribution in [0.3, 0.4) is 0 Å².